The normalized spacial score (nSPS) is 11.4. The van der Waals surface area contributed by atoms with Crippen molar-refractivity contribution in [3.63, 3.8) is 0 Å². The van der Waals surface area contributed by atoms with Gasteiger partial charge in [0, 0.05) is 25.5 Å². The molecule has 3 aromatic rings. The van der Waals surface area contributed by atoms with E-state index in [-0.39, 0.29) is 17.8 Å². The third kappa shape index (κ3) is 4.72. The highest BCUT2D eigenvalue weighted by Gasteiger charge is 2.33. The van der Waals surface area contributed by atoms with Gasteiger partial charge in [0.1, 0.15) is 5.69 Å². The first-order valence-electron chi connectivity index (χ1n) is 8.19. The summed E-state index contributed by atoms with van der Waals surface area (Å²) in [6.07, 6.45) is 0.781. The minimum absolute atomic E-state index is 0.0398. The molecule has 0 bridgehead atoms. The van der Waals surface area contributed by atoms with Gasteiger partial charge < -0.3 is 9.88 Å². The number of halogens is 3. The predicted molar refractivity (Wildman–Crippen MR) is 92.9 cm³/mol. The van der Waals surface area contributed by atoms with Crippen molar-refractivity contribution in [2.24, 2.45) is 0 Å². The highest BCUT2D eigenvalue weighted by atomic mass is 19.4. The monoisotopic (exact) mass is 374 g/mol. The molecule has 0 spiro atoms. The number of imidazole rings is 1. The number of carbonyl (C=O) groups excluding carboxylic acids is 1. The molecule has 27 heavy (non-hydrogen) atoms. The molecule has 0 aliphatic carbocycles. The maximum Gasteiger partial charge on any atom is 0.433 e. The van der Waals surface area contributed by atoms with Gasteiger partial charge in [-0.15, -0.1) is 0 Å². The van der Waals surface area contributed by atoms with Crippen LogP contribution in [-0.2, 0) is 19.3 Å². The minimum Gasteiger partial charge on any atom is -0.348 e. The second-order valence-corrected chi connectivity index (χ2v) is 6.06. The van der Waals surface area contributed by atoms with Gasteiger partial charge in [-0.1, -0.05) is 24.3 Å². The first kappa shape index (κ1) is 18.6. The number of carbonyl (C=O) groups is 1. The van der Waals surface area contributed by atoms with E-state index in [1.165, 1.54) is 6.92 Å². The van der Waals surface area contributed by atoms with Gasteiger partial charge >= 0.3 is 6.18 Å². The molecule has 1 amide bonds. The molecule has 0 saturated carbocycles. The number of hydrogen-bond acceptors (Lipinski definition) is 3. The van der Waals surface area contributed by atoms with Crippen LogP contribution in [0.5, 0.6) is 0 Å². The van der Waals surface area contributed by atoms with Gasteiger partial charge in [-0.2, -0.15) is 13.2 Å². The molecule has 5 nitrogen and oxygen atoms in total. The van der Waals surface area contributed by atoms with Gasteiger partial charge in [0.05, 0.1) is 17.6 Å². The molecule has 1 aromatic carbocycles. The van der Waals surface area contributed by atoms with Gasteiger partial charge in [0.25, 0.3) is 5.91 Å². The third-order valence-corrected chi connectivity index (χ3v) is 4.02. The fraction of sp³-hybridized carbons (Fsp3) is 0.211. The van der Waals surface area contributed by atoms with Crippen LogP contribution in [0.15, 0.2) is 55.1 Å². The number of rotatable bonds is 5. The van der Waals surface area contributed by atoms with E-state index in [0.29, 0.717) is 6.54 Å². The fourth-order valence-electron chi connectivity index (χ4n) is 2.59. The molecule has 0 atom stereocenters. The summed E-state index contributed by atoms with van der Waals surface area (Å²) < 4.78 is 39.9. The molecule has 0 unspecified atom stereocenters. The Morgan fingerprint density at radius 1 is 1.11 bits per heavy atom. The number of nitrogens with zero attached hydrogens (tertiary/aromatic N) is 3. The van der Waals surface area contributed by atoms with Crippen LogP contribution >= 0.6 is 0 Å². The highest BCUT2D eigenvalue weighted by Crippen LogP contribution is 2.28. The Morgan fingerprint density at radius 3 is 2.41 bits per heavy atom. The lowest BCUT2D eigenvalue weighted by Crippen LogP contribution is -2.24. The Morgan fingerprint density at radius 2 is 1.81 bits per heavy atom. The molecule has 8 heteroatoms. The Hall–Kier alpha value is -3.16. The zero-order chi connectivity index (χ0) is 19.4. The smallest absolute Gasteiger partial charge is 0.348 e. The van der Waals surface area contributed by atoms with Gasteiger partial charge in [-0.25, -0.2) is 9.97 Å². The van der Waals surface area contributed by atoms with Crippen molar-refractivity contribution in [3.05, 3.63) is 83.2 Å². The first-order valence-corrected chi connectivity index (χ1v) is 8.19. The Bertz CT molecular complexity index is 919. The molecule has 2 aromatic heterocycles. The van der Waals surface area contributed by atoms with E-state index in [0.717, 1.165) is 23.3 Å². The number of nitrogens with one attached hydrogen (secondary N) is 1. The topological polar surface area (TPSA) is 59.8 Å². The van der Waals surface area contributed by atoms with Gasteiger partial charge in [-0.3, -0.25) is 4.79 Å². The number of alkyl halides is 3. The van der Waals surface area contributed by atoms with Gasteiger partial charge in [0.15, 0.2) is 0 Å². The summed E-state index contributed by atoms with van der Waals surface area (Å²) in [7, 11) is 0. The Kier molecular flexibility index (Phi) is 5.25. The van der Waals surface area contributed by atoms with Crippen molar-refractivity contribution in [3.8, 4) is 0 Å². The van der Waals surface area contributed by atoms with Crippen LogP contribution in [0.2, 0.25) is 0 Å². The fourth-order valence-corrected chi connectivity index (χ4v) is 2.59. The summed E-state index contributed by atoms with van der Waals surface area (Å²) in [4.78, 5) is 19.7. The summed E-state index contributed by atoms with van der Waals surface area (Å²) in [5.41, 5.74) is 1.13. The molecule has 0 aliphatic rings. The molecule has 0 radical (unpaired) electrons. The van der Waals surface area contributed by atoms with Crippen molar-refractivity contribution < 1.29 is 18.0 Å². The molecule has 1 N–H and O–H groups in total. The average Bonchev–Trinajstić information content (AvgIpc) is 3.13. The van der Waals surface area contributed by atoms with Gasteiger partial charge in [0.2, 0.25) is 0 Å². The number of amides is 1. The van der Waals surface area contributed by atoms with Gasteiger partial charge in [-0.05, 0) is 30.2 Å². The summed E-state index contributed by atoms with van der Waals surface area (Å²) in [6.45, 7) is 2.35. The standard InChI is InChI=1S/C19H17F3N4O/c1-13-16(6-7-17(25-13)19(20,21)22)18(27)24-10-14-2-4-15(5-3-14)11-26-9-8-23-12-26/h2-9,12H,10-11H2,1H3,(H,24,27). The molecule has 140 valence electrons. The third-order valence-electron chi connectivity index (χ3n) is 4.02. The van der Waals surface area contributed by atoms with Crippen molar-refractivity contribution in [2.75, 3.05) is 0 Å². The van der Waals surface area contributed by atoms with E-state index >= 15 is 0 Å². The predicted octanol–water partition coefficient (Wildman–Crippen LogP) is 3.58. The van der Waals surface area contributed by atoms with E-state index < -0.39 is 17.8 Å². The molecule has 2 heterocycles. The van der Waals surface area contributed by atoms with Crippen molar-refractivity contribution in [2.45, 2.75) is 26.2 Å². The van der Waals surface area contributed by atoms with E-state index in [4.69, 9.17) is 0 Å². The number of aryl methyl sites for hydroxylation is 1. The highest BCUT2D eigenvalue weighted by molar-refractivity contribution is 5.95. The van der Waals surface area contributed by atoms with Crippen molar-refractivity contribution >= 4 is 5.91 Å². The maximum atomic E-state index is 12.7. The Labute approximate surface area is 153 Å². The molecular formula is C19H17F3N4O. The molecule has 0 saturated heterocycles. The molecule has 0 fully saturated rings. The number of pyridine rings is 1. The van der Waals surface area contributed by atoms with E-state index in [1.54, 1.807) is 12.5 Å². The molecule has 0 aliphatic heterocycles. The van der Waals surface area contributed by atoms with Crippen LogP contribution in [0.1, 0.15) is 32.9 Å². The molecular weight excluding hydrogens is 357 g/mol. The van der Waals surface area contributed by atoms with Crippen molar-refractivity contribution in [1.29, 1.82) is 0 Å². The Balaban J connectivity index is 1.60. The number of hydrogen-bond donors (Lipinski definition) is 1. The zero-order valence-corrected chi connectivity index (χ0v) is 14.5. The second-order valence-electron chi connectivity index (χ2n) is 6.06. The summed E-state index contributed by atoms with van der Waals surface area (Å²) in [5, 5.41) is 2.70. The van der Waals surface area contributed by atoms with E-state index in [1.807, 2.05) is 35.0 Å². The zero-order valence-electron chi connectivity index (χ0n) is 14.5. The van der Waals surface area contributed by atoms with Crippen LogP contribution in [0.3, 0.4) is 0 Å². The van der Waals surface area contributed by atoms with Crippen molar-refractivity contribution in [1.82, 2.24) is 19.9 Å². The summed E-state index contributed by atoms with van der Waals surface area (Å²) in [5.74, 6) is -0.462. The maximum absolute atomic E-state index is 12.7. The number of aromatic nitrogens is 3. The quantitative estimate of drug-likeness (QED) is 0.743. The van der Waals surface area contributed by atoms with Crippen LogP contribution in [0.4, 0.5) is 13.2 Å². The lowest BCUT2D eigenvalue weighted by Gasteiger charge is -2.11. The lowest BCUT2D eigenvalue weighted by molar-refractivity contribution is -0.141. The summed E-state index contributed by atoms with van der Waals surface area (Å²) >= 11 is 0. The van der Waals surface area contributed by atoms with E-state index in [2.05, 4.69) is 15.3 Å². The van der Waals surface area contributed by atoms with E-state index in [9.17, 15) is 18.0 Å². The van der Waals surface area contributed by atoms with Crippen LogP contribution in [0, 0.1) is 6.92 Å². The van der Waals surface area contributed by atoms with Crippen LogP contribution in [-0.4, -0.2) is 20.4 Å². The second kappa shape index (κ2) is 7.61. The first-order chi connectivity index (χ1) is 12.8. The van der Waals surface area contributed by atoms with Crippen LogP contribution in [0.25, 0.3) is 0 Å². The number of benzene rings is 1. The van der Waals surface area contributed by atoms with Crippen LogP contribution < -0.4 is 5.32 Å². The lowest BCUT2D eigenvalue weighted by atomic mass is 10.1. The largest absolute Gasteiger partial charge is 0.433 e. The SMILES string of the molecule is Cc1nc(C(F)(F)F)ccc1C(=O)NCc1ccc(Cn2ccnc2)cc1. The minimum atomic E-state index is -4.53. The summed E-state index contributed by atoms with van der Waals surface area (Å²) in [6, 6.07) is 9.65. The molecule has 3 rings (SSSR count). The average molecular weight is 374 g/mol.